The van der Waals surface area contributed by atoms with Gasteiger partial charge in [0.25, 0.3) is 0 Å². The average Bonchev–Trinajstić information content (AvgIpc) is 3.21. The zero-order valence-electron chi connectivity index (χ0n) is 23.6. The lowest BCUT2D eigenvalue weighted by Crippen LogP contribution is -2.67. The van der Waals surface area contributed by atoms with Crippen molar-refractivity contribution in [1.82, 2.24) is 15.2 Å². The largest absolute Gasteiger partial charge is 0.481 e. The fraction of sp³-hybridized carbons (Fsp3) is 0.806. The van der Waals surface area contributed by atoms with Crippen LogP contribution in [-0.2, 0) is 16.6 Å². The van der Waals surface area contributed by atoms with E-state index in [1.807, 2.05) is 0 Å². The smallest absolute Gasteiger partial charge is 0.309 e. The Kier molecular flexibility index (Phi) is 5.39. The van der Waals surface area contributed by atoms with Gasteiger partial charge in [0, 0.05) is 5.41 Å². The highest BCUT2D eigenvalue weighted by Gasteiger charge is 2.72. The summed E-state index contributed by atoms with van der Waals surface area (Å²) in [6.45, 7) is 18.9. The van der Waals surface area contributed by atoms with E-state index >= 15 is 0 Å². The number of hydrogen-bond acceptors (Lipinski definition) is 4. The predicted molar refractivity (Wildman–Crippen MR) is 148 cm³/mol. The standard InChI is InChI=1S/C31H45N3O2S/c1-17(2)18-10-13-31(25(35)36)15-14-29(6)19(23(18)31)8-9-22-28(5)16-20-24(32-26(37)34-33-20)27(3,4)21(28)11-12-30(22,29)7/h18-19,21-23H,1,8-16H2,2-7H3,(H,35,36)(H,32,34,37)/t18-,19+,21-,22+,23+,28-,29+,30+,31-/m0/s1. The Labute approximate surface area is 227 Å². The molecule has 4 saturated carbocycles. The first-order chi connectivity index (χ1) is 17.2. The molecule has 1 aromatic heterocycles. The molecule has 0 saturated heterocycles. The van der Waals surface area contributed by atoms with Crippen molar-refractivity contribution in [3.63, 3.8) is 0 Å². The van der Waals surface area contributed by atoms with Crippen molar-refractivity contribution < 1.29 is 9.90 Å². The molecule has 4 fully saturated rings. The van der Waals surface area contributed by atoms with Crippen LogP contribution >= 0.6 is 12.2 Å². The number of H-pyrrole nitrogens is 1. The van der Waals surface area contributed by atoms with Crippen LogP contribution in [0.2, 0.25) is 0 Å². The number of nitrogens with zero attached hydrogens (tertiary/aromatic N) is 2. The van der Waals surface area contributed by atoms with Crippen molar-refractivity contribution in [3.05, 3.63) is 28.3 Å². The van der Waals surface area contributed by atoms with E-state index < -0.39 is 11.4 Å². The quantitative estimate of drug-likeness (QED) is 0.314. The number of aromatic amines is 1. The van der Waals surface area contributed by atoms with E-state index in [0.717, 1.165) is 49.9 Å². The predicted octanol–water partition coefficient (Wildman–Crippen LogP) is 7.29. The van der Waals surface area contributed by atoms with E-state index in [4.69, 9.17) is 22.3 Å². The number of hydrogen-bond donors (Lipinski definition) is 2. The molecule has 0 spiro atoms. The maximum absolute atomic E-state index is 12.9. The summed E-state index contributed by atoms with van der Waals surface area (Å²) in [4.78, 5) is 17.7. The van der Waals surface area contributed by atoms with E-state index in [2.05, 4.69) is 53.2 Å². The number of allylic oxidation sites excluding steroid dienone is 1. The average molecular weight is 524 g/mol. The molecule has 0 radical (unpaired) electrons. The van der Waals surface area contributed by atoms with Gasteiger partial charge in [0.15, 0.2) is 0 Å². The molecule has 202 valence electrons. The van der Waals surface area contributed by atoms with Gasteiger partial charge in [-0.25, -0.2) is 4.98 Å². The molecular formula is C31H45N3O2S. The number of carbonyl (C=O) groups is 1. The summed E-state index contributed by atoms with van der Waals surface area (Å²) >= 11 is 5.38. The Hall–Kier alpha value is -1.56. The fourth-order valence-electron chi connectivity index (χ4n) is 11.8. The number of fused-ring (bicyclic) bond motifs is 8. The summed E-state index contributed by atoms with van der Waals surface area (Å²) in [5.41, 5.74) is 3.21. The fourth-order valence-corrected chi connectivity index (χ4v) is 12.0. The molecule has 37 heavy (non-hydrogen) atoms. The number of aliphatic carboxylic acids is 1. The van der Waals surface area contributed by atoms with Gasteiger partial charge in [-0.3, -0.25) is 9.89 Å². The third-order valence-electron chi connectivity index (χ3n) is 13.6. The van der Waals surface area contributed by atoms with Crippen molar-refractivity contribution in [2.75, 3.05) is 0 Å². The Bertz CT molecular complexity index is 1240. The number of aromatic nitrogens is 3. The van der Waals surface area contributed by atoms with Crippen LogP contribution in [0.25, 0.3) is 0 Å². The first kappa shape index (κ1) is 25.7. The van der Waals surface area contributed by atoms with Gasteiger partial charge in [0.1, 0.15) is 0 Å². The second-order valence-electron chi connectivity index (χ2n) is 15.0. The lowest BCUT2D eigenvalue weighted by atomic mass is 9.32. The van der Waals surface area contributed by atoms with Crippen LogP contribution in [0.4, 0.5) is 0 Å². The summed E-state index contributed by atoms with van der Waals surface area (Å²) in [6, 6.07) is 0. The second-order valence-corrected chi connectivity index (χ2v) is 15.4. The summed E-state index contributed by atoms with van der Waals surface area (Å²) < 4.78 is 0.483. The molecule has 0 amide bonds. The van der Waals surface area contributed by atoms with Gasteiger partial charge in [-0.05, 0) is 123 Å². The van der Waals surface area contributed by atoms with E-state index in [1.54, 1.807) is 0 Å². The number of nitrogens with one attached hydrogen (secondary N) is 1. The van der Waals surface area contributed by atoms with E-state index in [-0.39, 0.29) is 27.6 Å². The second kappa shape index (κ2) is 7.76. The first-order valence-electron chi connectivity index (χ1n) is 14.6. The van der Waals surface area contributed by atoms with Crippen LogP contribution in [-0.4, -0.2) is 26.3 Å². The van der Waals surface area contributed by atoms with Gasteiger partial charge in [-0.1, -0.05) is 46.8 Å². The molecule has 2 N–H and O–H groups in total. The Morgan fingerprint density at radius 2 is 1.73 bits per heavy atom. The minimum absolute atomic E-state index is 0.0708. The van der Waals surface area contributed by atoms with Gasteiger partial charge in [0.05, 0.1) is 16.8 Å². The molecule has 5 aliphatic rings. The highest BCUT2D eigenvalue weighted by atomic mass is 32.1. The van der Waals surface area contributed by atoms with Gasteiger partial charge in [0.2, 0.25) is 4.77 Å². The monoisotopic (exact) mass is 523 g/mol. The first-order valence-corrected chi connectivity index (χ1v) is 15.0. The molecule has 0 unspecified atom stereocenters. The third-order valence-corrected chi connectivity index (χ3v) is 13.7. The lowest BCUT2D eigenvalue weighted by Gasteiger charge is -2.72. The normalized spacial score (nSPS) is 47.6. The molecule has 5 nitrogen and oxygen atoms in total. The summed E-state index contributed by atoms with van der Waals surface area (Å²) in [5, 5.41) is 18.3. The maximum atomic E-state index is 12.9. The molecule has 1 aromatic rings. The Morgan fingerprint density at radius 3 is 2.41 bits per heavy atom. The lowest BCUT2D eigenvalue weighted by molar-refractivity contribution is -0.228. The summed E-state index contributed by atoms with van der Waals surface area (Å²) in [5.74, 6) is 1.58. The number of rotatable bonds is 2. The molecule has 6 heteroatoms. The van der Waals surface area contributed by atoms with Gasteiger partial charge in [-0.2, -0.15) is 5.10 Å². The maximum Gasteiger partial charge on any atom is 0.309 e. The molecule has 1 heterocycles. The topological polar surface area (TPSA) is 78.9 Å². The SMILES string of the molecule is C=C(C)[C@@H]1CC[C@]2(C(=O)O)CC[C@]3(C)[C@H](CC[C@@H]4[C@@]5(C)Cc6n[nH]c(=S)nc6C(C)(C)[C@@H]5CC[C@]43C)[C@@H]12. The van der Waals surface area contributed by atoms with Crippen LogP contribution < -0.4 is 0 Å². The minimum atomic E-state index is -0.558. The Balaban J connectivity index is 1.44. The third kappa shape index (κ3) is 3.03. The molecular weight excluding hydrogens is 478 g/mol. The highest BCUT2D eigenvalue weighted by molar-refractivity contribution is 7.71. The van der Waals surface area contributed by atoms with Gasteiger partial charge >= 0.3 is 5.97 Å². The van der Waals surface area contributed by atoms with Crippen LogP contribution in [0.5, 0.6) is 0 Å². The van der Waals surface area contributed by atoms with Gasteiger partial charge in [-0.15, -0.1) is 0 Å². The van der Waals surface area contributed by atoms with Crippen molar-refractivity contribution >= 4 is 18.2 Å². The zero-order chi connectivity index (χ0) is 26.8. The molecule has 0 aromatic carbocycles. The zero-order valence-corrected chi connectivity index (χ0v) is 24.4. The van der Waals surface area contributed by atoms with Crippen LogP contribution in [0.1, 0.15) is 104 Å². The van der Waals surface area contributed by atoms with Crippen molar-refractivity contribution in [2.45, 2.75) is 105 Å². The van der Waals surface area contributed by atoms with E-state index in [0.29, 0.717) is 28.4 Å². The molecule has 0 aliphatic heterocycles. The van der Waals surface area contributed by atoms with Crippen LogP contribution in [0.15, 0.2) is 12.2 Å². The number of carboxylic acid groups (broad SMARTS) is 1. The van der Waals surface area contributed by atoms with E-state index in [1.165, 1.54) is 24.8 Å². The molecule has 9 atom stereocenters. The summed E-state index contributed by atoms with van der Waals surface area (Å²) in [7, 11) is 0. The van der Waals surface area contributed by atoms with E-state index in [9.17, 15) is 9.90 Å². The summed E-state index contributed by atoms with van der Waals surface area (Å²) in [6.07, 6.45) is 9.33. The van der Waals surface area contributed by atoms with Crippen molar-refractivity contribution in [2.24, 2.45) is 51.2 Å². The van der Waals surface area contributed by atoms with Crippen molar-refractivity contribution in [3.8, 4) is 0 Å². The molecule has 6 rings (SSSR count). The Morgan fingerprint density at radius 1 is 1.00 bits per heavy atom. The number of carboxylic acids is 1. The van der Waals surface area contributed by atoms with Crippen molar-refractivity contribution in [1.29, 1.82) is 0 Å². The minimum Gasteiger partial charge on any atom is -0.481 e. The van der Waals surface area contributed by atoms with Crippen LogP contribution in [0.3, 0.4) is 0 Å². The van der Waals surface area contributed by atoms with Gasteiger partial charge < -0.3 is 5.11 Å². The van der Waals surface area contributed by atoms with Crippen LogP contribution in [0, 0.1) is 56.0 Å². The highest BCUT2D eigenvalue weighted by Crippen LogP contribution is 2.77. The molecule has 5 aliphatic carbocycles. The molecule has 0 bridgehead atoms.